The maximum atomic E-state index is 11.8. The van der Waals surface area contributed by atoms with Crippen molar-refractivity contribution in [1.82, 2.24) is 19.4 Å². The molecule has 1 aromatic rings. The lowest BCUT2D eigenvalue weighted by molar-refractivity contribution is -0.121. The predicted octanol–water partition coefficient (Wildman–Crippen LogP) is -0.794. The number of aromatic nitrogens is 2. The molecule has 0 aliphatic carbocycles. The Kier molecular flexibility index (Phi) is 3.91. The second-order valence-corrected chi connectivity index (χ2v) is 6.91. The third kappa shape index (κ3) is 3.54. The predicted molar refractivity (Wildman–Crippen MR) is 70.0 cm³/mol. The number of amides is 1. The number of hydrogen-bond donors (Lipinski definition) is 1. The van der Waals surface area contributed by atoms with Crippen LogP contribution in [0.2, 0.25) is 0 Å². The highest BCUT2D eigenvalue weighted by Crippen LogP contribution is 2.13. The molecule has 19 heavy (non-hydrogen) atoms. The first-order chi connectivity index (χ1) is 8.86. The minimum atomic E-state index is -3.32. The van der Waals surface area contributed by atoms with Crippen molar-refractivity contribution in [2.24, 2.45) is 0 Å². The minimum Gasteiger partial charge on any atom is -0.352 e. The Hall–Kier alpha value is -1.41. The van der Waals surface area contributed by atoms with Gasteiger partial charge < -0.3 is 5.32 Å². The first-order valence-electron chi connectivity index (χ1n) is 6.07. The normalized spacial score (nSPS) is 19.2. The first-order valence-corrected chi connectivity index (χ1v) is 7.92. The summed E-state index contributed by atoms with van der Waals surface area (Å²) in [6.07, 6.45) is 4.37. The number of carbonyl (C=O) groups is 1. The quantitative estimate of drug-likeness (QED) is 0.786. The number of nitrogens with zero attached hydrogens (tertiary/aromatic N) is 3. The van der Waals surface area contributed by atoms with Crippen molar-refractivity contribution in [2.45, 2.75) is 25.4 Å². The number of sulfonamides is 1. The van der Waals surface area contributed by atoms with Gasteiger partial charge in [-0.25, -0.2) is 8.42 Å². The number of hydrogen-bond acceptors (Lipinski definition) is 4. The third-order valence-electron chi connectivity index (χ3n) is 3.25. The Morgan fingerprint density at radius 1 is 1.63 bits per heavy atom. The van der Waals surface area contributed by atoms with E-state index in [1.54, 1.807) is 6.20 Å². The smallest absolute Gasteiger partial charge is 0.235 e. The van der Waals surface area contributed by atoms with Gasteiger partial charge in [-0.1, -0.05) is 0 Å². The fourth-order valence-corrected chi connectivity index (χ4v) is 2.44. The fourth-order valence-electron chi connectivity index (χ4n) is 2.08. The number of fused-ring (bicyclic) bond motifs is 1. The molecule has 7 nitrogen and oxygen atoms in total. The van der Waals surface area contributed by atoms with Gasteiger partial charge in [0.25, 0.3) is 0 Å². The standard InChI is InChI=1S/C11H18N4O3S/c1-14(19(2,17)18)8-11(16)13-9-4-6-15-10(7-9)3-5-12-15/h3,5,9H,4,6-8H2,1-2H3,(H,13,16)/t9-/m1/s1. The Labute approximate surface area is 112 Å². The van der Waals surface area contributed by atoms with Crippen molar-refractivity contribution in [1.29, 1.82) is 0 Å². The Morgan fingerprint density at radius 2 is 2.37 bits per heavy atom. The van der Waals surface area contributed by atoms with Crippen LogP contribution in [-0.2, 0) is 27.8 Å². The highest BCUT2D eigenvalue weighted by Gasteiger charge is 2.22. The summed E-state index contributed by atoms with van der Waals surface area (Å²) in [7, 11) is -1.93. The van der Waals surface area contributed by atoms with Gasteiger partial charge in [0.1, 0.15) is 0 Å². The molecule has 1 N–H and O–H groups in total. The van der Waals surface area contributed by atoms with Crippen LogP contribution in [0, 0.1) is 0 Å². The van der Waals surface area contributed by atoms with Crippen LogP contribution in [0.25, 0.3) is 0 Å². The zero-order chi connectivity index (χ0) is 14.0. The van der Waals surface area contributed by atoms with E-state index in [0.717, 1.165) is 35.6 Å². The van der Waals surface area contributed by atoms with Crippen molar-refractivity contribution in [2.75, 3.05) is 19.8 Å². The number of aryl methyl sites for hydroxylation is 1. The SMILES string of the molecule is CN(CC(=O)N[C@@H]1CCn2nccc2C1)S(C)(=O)=O. The molecule has 1 atom stereocenters. The van der Waals surface area contributed by atoms with E-state index in [0.29, 0.717) is 0 Å². The molecule has 0 aromatic carbocycles. The van der Waals surface area contributed by atoms with E-state index in [2.05, 4.69) is 10.4 Å². The van der Waals surface area contributed by atoms with E-state index in [9.17, 15) is 13.2 Å². The maximum absolute atomic E-state index is 11.8. The molecule has 0 radical (unpaired) electrons. The molecule has 8 heteroatoms. The molecule has 1 aliphatic heterocycles. The Balaban J connectivity index is 1.88. The maximum Gasteiger partial charge on any atom is 0.235 e. The van der Waals surface area contributed by atoms with Crippen LogP contribution < -0.4 is 5.32 Å². The molecule has 0 fully saturated rings. The van der Waals surface area contributed by atoms with Gasteiger partial charge in [-0.3, -0.25) is 9.48 Å². The summed E-state index contributed by atoms with van der Waals surface area (Å²) in [5, 5.41) is 7.03. The molecular formula is C11H18N4O3S. The van der Waals surface area contributed by atoms with E-state index in [4.69, 9.17) is 0 Å². The molecule has 1 aromatic heterocycles. The summed E-state index contributed by atoms with van der Waals surface area (Å²) in [6.45, 7) is 0.629. The third-order valence-corrected chi connectivity index (χ3v) is 4.51. The number of carbonyl (C=O) groups excluding carboxylic acids is 1. The van der Waals surface area contributed by atoms with E-state index in [1.165, 1.54) is 7.05 Å². The second-order valence-electron chi connectivity index (χ2n) is 4.82. The average Bonchev–Trinajstić information content (AvgIpc) is 2.74. The summed E-state index contributed by atoms with van der Waals surface area (Å²) in [4.78, 5) is 11.8. The van der Waals surface area contributed by atoms with Crippen LogP contribution >= 0.6 is 0 Å². The molecule has 0 saturated carbocycles. The summed E-state index contributed by atoms with van der Waals surface area (Å²) in [5.41, 5.74) is 1.09. The highest BCUT2D eigenvalue weighted by molar-refractivity contribution is 7.88. The minimum absolute atomic E-state index is 0.0460. The van der Waals surface area contributed by atoms with Gasteiger partial charge in [0, 0.05) is 37.9 Å². The zero-order valence-corrected chi connectivity index (χ0v) is 11.9. The second kappa shape index (κ2) is 5.30. The molecule has 2 heterocycles. The molecule has 0 unspecified atom stereocenters. The van der Waals surface area contributed by atoms with E-state index < -0.39 is 10.0 Å². The topological polar surface area (TPSA) is 84.3 Å². The lowest BCUT2D eigenvalue weighted by Crippen LogP contribution is -2.45. The Morgan fingerprint density at radius 3 is 3.05 bits per heavy atom. The number of rotatable bonds is 4. The van der Waals surface area contributed by atoms with Gasteiger partial charge in [0.2, 0.25) is 15.9 Å². The van der Waals surface area contributed by atoms with Crippen molar-refractivity contribution in [3.05, 3.63) is 18.0 Å². The van der Waals surface area contributed by atoms with Crippen LogP contribution in [-0.4, -0.2) is 54.3 Å². The van der Waals surface area contributed by atoms with Crippen molar-refractivity contribution in [3.8, 4) is 0 Å². The van der Waals surface area contributed by atoms with Crippen LogP contribution in [0.15, 0.2) is 12.3 Å². The molecule has 1 aliphatic rings. The molecule has 2 rings (SSSR count). The summed E-state index contributed by atoms with van der Waals surface area (Å²) < 4.78 is 25.4. The van der Waals surface area contributed by atoms with E-state index >= 15 is 0 Å². The zero-order valence-electron chi connectivity index (χ0n) is 11.0. The van der Waals surface area contributed by atoms with Crippen molar-refractivity contribution < 1.29 is 13.2 Å². The van der Waals surface area contributed by atoms with Gasteiger partial charge in [0.05, 0.1) is 12.8 Å². The summed E-state index contributed by atoms with van der Waals surface area (Å²) in [6, 6.07) is 1.98. The lowest BCUT2D eigenvalue weighted by atomic mass is 10.0. The monoisotopic (exact) mass is 286 g/mol. The van der Waals surface area contributed by atoms with Gasteiger partial charge in [-0.15, -0.1) is 0 Å². The molecule has 0 spiro atoms. The van der Waals surface area contributed by atoms with Gasteiger partial charge in [0.15, 0.2) is 0 Å². The number of likely N-dealkylation sites (N-methyl/N-ethyl adjacent to an activating group) is 1. The summed E-state index contributed by atoms with van der Waals surface area (Å²) >= 11 is 0. The van der Waals surface area contributed by atoms with E-state index in [-0.39, 0.29) is 18.5 Å². The van der Waals surface area contributed by atoms with Crippen LogP contribution in [0.3, 0.4) is 0 Å². The largest absolute Gasteiger partial charge is 0.352 e. The summed E-state index contributed by atoms with van der Waals surface area (Å²) in [5.74, 6) is -0.272. The fraction of sp³-hybridized carbons (Fsp3) is 0.636. The van der Waals surface area contributed by atoms with Gasteiger partial charge in [-0.2, -0.15) is 9.40 Å². The van der Waals surface area contributed by atoms with Crippen LogP contribution in [0.4, 0.5) is 0 Å². The van der Waals surface area contributed by atoms with Gasteiger partial charge >= 0.3 is 0 Å². The van der Waals surface area contributed by atoms with Crippen LogP contribution in [0.5, 0.6) is 0 Å². The molecular weight excluding hydrogens is 268 g/mol. The van der Waals surface area contributed by atoms with Crippen LogP contribution in [0.1, 0.15) is 12.1 Å². The highest BCUT2D eigenvalue weighted by atomic mass is 32.2. The van der Waals surface area contributed by atoms with E-state index in [1.807, 2.05) is 10.7 Å². The molecule has 0 saturated heterocycles. The Bertz CT molecular complexity index is 566. The average molecular weight is 286 g/mol. The molecule has 1 amide bonds. The van der Waals surface area contributed by atoms with Gasteiger partial charge in [-0.05, 0) is 12.5 Å². The molecule has 106 valence electrons. The number of nitrogens with one attached hydrogen (secondary N) is 1. The molecule has 0 bridgehead atoms. The van der Waals surface area contributed by atoms with Crippen molar-refractivity contribution >= 4 is 15.9 Å². The van der Waals surface area contributed by atoms with Crippen molar-refractivity contribution in [3.63, 3.8) is 0 Å². The lowest BCUT2D eigenvalue weighted by Gasteiger charge is -2.25. The first kappa shape index (κ1) is 14.0.